The number of nitrogens with zero attached hydrogens (tertiary/aromatic N) is 1. The normalized spacial score (nSPS) is 12.0. The van der Waals surface area contributed by atoms with Gasteiger partial charge in [0.1, 0.15) is 5.75 Å². The van der Waals surface area contributed by atoms with Crippen molar-refractivity contribution in [2.45, 2.75) is 12.6 Å². The third kappa shape index (κ3) is 6.91. The van der Waals surface area contributed by atoms with Crippen LogP contribution in [0.2, 0.25) is 0 Å². The Morgan fingerprint density at radius 3 is 2.24 bits per heavy atom. The van der Waals surface area contributed by atoms with Crippen LogP contribution in [0, 0.1) is 0 Å². The van der Waals surface area contributed by atoms with Crippen LogP contribution in [0.3, 0.4) is 0 Å². The molecule has 2 rings (SSSR count). The first-order valence-corrected chi connectivity index (χ1v) is 7.92. The lowest BCUT2D eigenvalue weighted by Crippen LogP contribution is -2.39. The molecule has 1 atom stereocenters. The Hall–Kier alpha value is -1.80. The summed E-state index contributed by atoms with van der Waals surface area (Å²) in [6.07, 6.45) is -0.0225. The van der Waals surface area contributed by atoms with E-state index in [2.05, 4.69) is 27.8 Å². The average Bonchev–Trinajstić information content (AvgIpc) is 2.66. The molecule has 0 fully saturated rings. The Labute approximate surface area is 166 Å². The van der Waals surface area contributed by atoms with E-state index < -0.39 is 0 Å². The van der Waals surface area contributed by atoms with Crippen molar-refractivity contribution in [1.82, 2.24) is 10.6 Å². The van der Waals surface area contributed by atoms with Crippen molar-refractivity contribution >= 4 is 29.9 Å². The number of hydrogen-bond donors (Lipinski definition) is 2. The van der Waals surface area contributed by atoms with Crippen LogP contribution >= 0.6 is 24.0 Å². The van der Waals surface area contributed by atoms with Gasteiger partial charge in [-0.3, -0.25) is 4.99 Å². The van der Waals surface area contributed by atoms with Gasteiger partial charge in [0.2, 0.25) is 0 Å². The van der Waals surface area contributed by atoms with Crippen LogP contribution in [-0.4, -0.2) is 33.8 Å². The molecule has 136 valence electrons. The van der Waals surface area contributed by atoms with E-state index in [1.807, 2.05) is 42.5 Å². The van der Waals surface area contributed by atoms with Crippen molar-refractivity contribution in [2.24, 2.45) is 4.99 Å². The summed E-state index contributed by atoms with van der Waals surface area (Å²) in [6.45, 7) is 1.33. The topological polar surface area (TPSA) is 54.9 Å². The fourth-order valence-electron chi connectivity index (χ4n) is 2.34. The summed E-state index contributed by atoms with van der Waals surface area (Å²) >= 11 is 0. The zero-order valence-corrected chi connectivity index (χ0v) is 17.2. The largest absolute Gasteiger partial charge is 0.497 e. The third-order valence-corrected chi connectivity index (χ3v) is 3.75. The molecular formula is C19H26IN3O2. The molecule has 0 amide bonds. The van der Waals surface area contributed by atoms with Crippen molar-refractivity contribution in [2.75, 3.05) is 27.8 Å². The molecule has 0 heterocycles. The summed E-state index contributed by atoms with van der Waals surface area (Å²) in [5.41, 5.74) is 2.29. The maximum absolute atomic E-state index is 5.56. The number of ether oxygens (including phenoxy) is 2. The van der Waals surface area contributed by atoms with Gasteiger partial charge in [-0.1, -0.05) is 42.5 Å². The van der Waals surface area contributed by atoms with Gasteiger partial charge in [-0.25, -0.2) is 0 Å². The lowest BCUT2D eigenvalue weighted by atomic mass is 10.1. The van der Waals surface area contributed by atoms with Crippen LogP contribution < -0.4 is 15.4 Å². The van der Waals surface area contributed by atoms with E-state index in [1.165, 1.54) is 0 Å². The minimum Gasteiger partial charge on any atom is -0.497 e. The van der Waals surface area contributed by atoms with E-state index in [0.717, 1.165) is 22.8 Å². The fraction of sp³-hybridized carbons (Fsp3) is 0.316. The Morgan fingerprint density at radius 2 is 1.68 bits per heavy atom. The Kier molecular flexibility index (Phi) is 9.94. The molecule has 0 spiro atoms. The van der Waals surface area contributed by atoms with E-state index >= 15 is 0 Å². The van der Waals surface area contributed by atoms with Crippen LogP contribution in [0.15, 0.2) is 59.6 Å². The first kappa shape index (κ1) is 21.2. The van der Waals surface area contributed by atoms with Gasteiger partial charge < -0.3 is 20.1 Å². The van der Waals surface area contributed by atoms with E-state index in [4.69, 9.17) is 9.47 Å². The second-order valence-corrected chi connectivity index (χ2v) is 5.29. The van der Waals surface area contributed by atoms with Crippen molar-refractivity contribution in [3.8, 4) is 5.75 Å². The highest BCUT2D eigenvalue weighted by molar-refractivity contribution is 14.0. The van der Waals surface area contributed by atoms with Crippen LogP contribution in [-0.2, 0) is 11.3 Å². The molecule has 25 heavy (non-hydrogen) atoms. The Morgan fingerprint density at radius 1 is 1.00 bits per heavy atom. The molecule has 2 N–H and O–H groups in total. The third-order valence-electron chi connectivity index (χ3n) is 3.75. The standard InChI is InChI=1S/C19H25N3O2.HI/c1-20-19(21-13-15-9-11-17(23-2)12-10-15)22-14-18(24-3)16-7-5-4-6-8-16;/h4-12,18H,13-14H2,1-3H3,(H2,20,21,22);1H. The van der Waals surface area contributed by atoms with Gasteiger partial charge in [0.15, 0.2) is 5.96 Å². The number of nitrogens with one attached hydrogen (secondary N) is 2. The predicted molar refractivity (Wildman–Crippen MR) is 113 cm³/mol. The highest BCUT2D eigenvalue weighted by atomic mass is 127. The van der Waals surface area contributed by atoms with Crippen molar-refractivity contribution in [3.63, 3.8) is 0 Å². The summed E-state index contributed by atoms with van der Waals surface area (Å²) in [5, 5.41) is 6.60. The summed E-state index contributed by atoms with van der Waals surface area (Å²) in [7, 11) is 5.14. The number of halogens is 1. The zero-order valence-electron chi connectivity index (χ0n) is 14.9. The van der Waals surface area contributed by atoms with Crippen LogP contribution in [0.4, 0.5) is 0 Å². The first-order valence-electron chi connectivity index (χ1n) is 7.92. The van der Waals surface area contributed by atoms with E-state index in [-0.39, 0.29) is 30.1 Å². The number of benzene rings is 2. The van der Waals surface area contributed by atoms with Gasteiger partial charge in [-0.05, 0) is 23.3 Å². The molecule has 2 aromatic carbocycles. The molecule has 5 nitrogen and oxygen atoms in total. The smallest absolute Gasteiger partial charge is 0.191 e. The first-order chi connectivity index (χ1) is 11.8. The van der Waals surface area contributed by atoms with Crippen LogP contribution in [0.1, 0.15) is 17.2 Å². The molecule has 0 aliphatic rings. The van der Waals surface area contributed by atoms with Gasteiger partial charge in [0.25, 0.3) is 0 Å². The number of hydrogen-bond acceptors (Lipinski definition) is 3. The molecule has 0 aliphatic heterocycles. The molecule has 0 aliphatic carbocycles. The maximum Gasteiger partial charge on any atom is 0.191 e. The Balaban J connectivity index is 0.00000312. The van der Waals surface area contributed by atoms with Gasteiger partial charge in [0, 0.05) is 27.2 Å². The summed E-state index contributed by atoms with van der Waals surface area (Å²) in [6, 6.07) is 18.1. The van der Waals surface area contributed by atoms with Crippen molar-refractivity contribution in [1.29, 1.82) is 0 Å². The number of methoxy groups -OCH3 is 2. The molecule has 1 unspecified atom stereocenters. The van der Waals surface area contributed by atoms with Crippen LogP contribution in [0.25, 0.3) is 0 Å². The minimum absolute atomic E-state index is 0. The summed E-state index contributed by atoms with van der Waals surface area (Å²) in [5.74, 6) is 1.59. The monoisotopic (exact) mass is 455 g/mol. The molecule has 0 bridgehead atoms. The number of guanidine groups is 1. The quantitative estimate of drug-likeness (QED) is 0.382. The number of aliphatic imine (C=N–C) groups is 1. The lowest BCUT2D eigenvalue weighted by molar-refractivity contribution is 0.106. The highest BCUT2D eigenvalue weighted by Crippen LogP contribution is 2.14. The number of rotatable bonds is 7. The van der Waals surface area contributed by atoms with Gasteiger partial charge in [-0.15, -0.1) is 24.0 Å². The molecule has 0 radical (unpaired) electrons. The van der Waals surface area contributed by atoms with E-state index in [0.29, 0.717) is 13.1 Å². The lowest BCUT2D eigenvalue weighted by Gasteiger charge is -2.18. The van der Waals surface area contributed by atoms with Gasteiger partial charge >= 0.3 is 0 Å². The molecule has 0 saturated heterocycles. The molecule has 2 aromatic rings. The van der Waals surface area contributed by atoms with E-state index in [9.17, 15) is 0 Å². The predicted octanol–water partition coefficient (Wildman–Crippen LogP) is 3.37. The summed E-state index contributed by atoms with van der Waals surface area (Å²) < 4.78 is 10.7. The van der Waals surface area contributed by atoms with E-state index in [1.54, 1.807) is 21.3 Å². The van der Waals surface area contributed by atoms with Crippen molar-refractivity contribution < 1.29 is 9.47 Å². The van der Waals surface area contributed by atoms with Gasteiger partial charge in [0.05, 0.1) is 13.2 Å². The second-order valence-electron chi connectivity index (χ2n) is 5.29. The SMILES string of the molecule is CN=C(NCc1ccc(OC)cc1)NCC(OC)c1ccccc1.I. The maximum atomic E-state index is 5.56. The minimum atomic E-state index is -0.0225. The average molecular weight is 455 g/mol. The molecule has 6 heteroatoms. The fourth-order valence-corrected chi connectivity index (χ4v) is 2.34. The molecular weight excluding hydrogens is 429 g/mol. The Bertz CT molecular complexity index is 633. The zero-order chi connectivity index (χ0) is 17.2. The second kappa shape index (κ2) is 11.7. The van der Waals surface area contributed by atoms with Gasteiger partial charge in [-0.2, -0.15) is 0 Å². The molecule has 0 saturated carbocycles. The molecule has 0 aromatic heterocycles. The highest BCUT2D eigenvalue weighted by Gasteiger charge is 2.10. The van der Waals surface area contributed by atoms with Crippen molar-refractivity contribution in [3.05, 3.63) is 65.7 Å². The van der Waals surface area contributed by atoms with Crippen LogP contribution in [0.5, 0.6) is 5.75 Å². The summed E-state index contributed by atoms with van der Waals surface area (Å²) in [4.78, 5) is 4.25.